The Kier molecular flexibility index (Phi) is 3.40. The quantitative estimate of drug-likeness (QED) is 0.764. The monoisotopic (exact) mass is 289 g/mol. The van der Waals surface area contributed by atoms with Crippen LogP contribution < -0.4 is 5.32 Å². The predicted molar refractivity (Wildman–Crippen MR) is 74.7 cm³/mol. The van der Waals surface area contributed by atoms with Gasteiger partial charge in [-0.05, 0) is 6.07 Å². The lowest BCUT2D eigenvalue weighted by Crippen LogP contribution is -2.12. The van der Waals surface area contributed by atoms with Crippen LogP contribution in [0.3, 0.4) is 0 Å². The van der Waals surface area contributed by atoms with Gasteiger partial charge < -0.3 is 4.74 Å². The van der Waals surface area contributed by atoms with Crippen molar-refractivity contribution in [3.8, 4) is 0 Å². The highest BCUT2D eigenvalue weighted by Gasteiger charge is 2.13. The summed E-state index contributed by atoms with van der Waals surface area (Å²) < 4.78 is 9.01. The standard InChI is InChI=1S/C12H11N5O2S/c1-19-6-9-14-12(20-17-9)15-11(18)8-4-2-3-7-5-13-16-10(7)8/h2-5H,6H2,1H3,(H,13,16)(H,14,15,17,18). The van der Waals surface area contributed by atoms with Gasteiger partial charge in [0.2, 0.25) is 5.13 Å². The fourth-order valence-electron chi connectivity index (χ4n) is 1.82. The Morgan fingerprint density at radius 3 is 3.25 bits per heavy atom. The maximum absolute atomic E-state index is 12.2. The van der Waals surface area contributed by atoms with Crippen LogP contribution in [0.25, 0.3) is 10.9 Å². The Hall–Kier alpha value is -2.32. The summed E-state index contributed by atoms with van der Waals surface area (Å²) in [5, 5.41) is 10.8. The molecule has 20 heavy (non-hydrogen) atoms. The number of hydrogen-bond acceptors (Lipinski definition) is 6. The van der Waals surface area contributed by atoms with E-state index in [4.69, 9.17) is 4.74 Å². The number of benzene rings is 1. The van der Waals surface area contributed by atoms with Crippen LogP contribution in [0.15, 0.2) is 24.4 Å². The summed E-state index contributed by atoms with van der Waals surface area (Å²) >= 11 is 1.12. The van der Waals surface area contributed by atoms with Crippen molar-refractivity contribution in [2.75, 3.05) is 12.4 Å². The van der Waals surface area contributed by atoms with Crippen LogP contribution in [0.5, 0.6) is 0 Å². The van der Waals surface area contributed by atoms with E-state index in [0.29, 0.717) is 28.6 Å². The van der Waals surface area contributed by atoms with E-state index in [1.54, 1.807) is 19.4 Å². The van der Waals surface area contributed by atoms with E-state index >= 15 is 0 Å². The van der Waals surface area contributed by atoms with Crippen molar-refractivity contribution in [1.82, 2.24) is 19.6 Å². The fourth-order valence-corrected chi connectivity index (χ4v) is 2.38. The van der Waals surface area contributed by atoms with E-state index in [1.165, 1.54) is 0 Å². The Labute approximate surface area is 118 Å². The van der Waals surface area contributed by atoms with Gasteiger partial charge in [0.05, 0.1) is 17.3 Å². The van der Waals surface area contributed by atoms with Gasteiger partial charge in [-0.3, -0.25) is 15.2 Å². The van der Waals surface area contributed by atoms with Crippen molar-refractivity contribution in [2.24, 2.45) is 0 Å². The van der Waals surface area contributed by atoms with Gasteiger partial charge >= 0.3 is 0 Å². The van der Waals surface area contributed by atoms with Crippen molar-refractivity contribution < 1.29 is 9.53 Å². The molecule has 0 bridgehead atoms. The number of anilines is 1. The van der Waals surface area contributed by atoms with Gasteiger partial charge in [0.15, 0.2) is 5.82 Å². The van der Waals surface area contributed by atoms with Gasteiger partial charge in [0.1, 0.15) is 6.61 Å². The molecule has 0 unspecified atom stereocenters. The zero-order chi connectivity index (χ0) is 13.9. The number of carbonyl (C=O) groups is 1. The minimum absolute atomic E-state index is 0.250. The molecule has 2 aromatic heterocycles. The first-order valence-electron chi connectivity index (χ1n) is 5.83. The number of rotatable bonds is 4. The smallest absolute Gasteiger partial charge is 0.259 e. The van der Waals surface area contributed by atoms with Crippen LogP contribution >= 0.6 is 11.5 Å². The van der Waals surface area contributed by atoms with Crippen molar-refractivity contribution in [2.45, 2.75) is 6.61 Å². The summed E-state index contributed by atoms with van der Waals surface area (Å²) in [7, 11) is 1.57. The minimum Gasteiger partial charge on any atom is -0.377 e. The highest BCUT2D eigenvalue weighted by atomic mass is 32.1. The third-order valence-electron chi connectivity index (χ3n) is 2.68. The van der Waals surface area contributed by atoms with Gasteiger partial charge in [-0.2, -0.15) is 9.47 Å². The largest absolute Gasteiger partial charge is 0.377 e. The number of methoxy groups -OCH3 is 1. The van der Waals surface area contributed by atoms with Crippen LogP contribution in [-0.2, 0) is 11.3 Å². The zero-order valence-electron chi connectivity index (χ0n) is 10.6. The lowest BCUT2D eigenvalue weighted by atomic mass is 10.1. The number of para-hydroxylation sites is 1. The van der Waals surface area contributed by atoms with E-state index in [0.717, 1.165) is 16.9 Å². The van der Waals surface area contributed by atoms with Crippen LogP contribution in [0, 0.1) is 0 Å². The molecule has 0 aliphatic rings. The predicted octanol–water partition coefficient (Wildman–Crippen LogP) is 1.81. The van der Waals surface area contributed by atoms with Crippen LogP contribution in [-0.4, -0.2) is 32.6 Å². The van der Waals surface area contributed by atoms with Gasteiger partial charge in [0.25, 0.3) is 5.91 Å². The van der Waals surface area contributed by atoms with Crippen LogP contribution in [0.1, 0.15) is 16.2 Å². The molecule has 3 aromatic rings. The first-order chi connectivity index (χ1) is 9.78. The number of hydrogen-bond donors (Lipinski definition) is 2. The summed E-state index contributed by atoms with van der Waals surface area (Å²) in [6.45, 7) is 0.322. The maximum Gasteiger partial charge on any atom is 0.259 e. The molecule has 0 aliphatic heterocycles. The van der Waals surface area contributed by atoms with Crippen molar-refractivity contribution in [3.63, 3.8) is 0 Å². The maximum atomic E-state index is 12.2. The average Bonchev–Trinajstić information content (AvgIpc) is 3.07. The number of aromatic amines is 1. The third kappa shape index (κ3) is 2.38. The Balaban J connectivity index is 1.83. The molecule has 0 atom stereocenters. The minimum atomic E-state index is -0.250. The number of fused-ring (bicyclic) bond motifs is 1. The van der Waals surface area contributed by atoms with E-state index in [9.17, 15) is 4.79 Å². The van der Waals surface area contributed by atoms with Gasteiger partial charge in [0, 0.05) is 24.0 Å². The second-order valence-corrected chi connectivity index (χ2v) is 4.79. The Bertz CT molecular complexity index is 751. The van der Waals surface area contributed by atoms with E-state index in [-0.39, 0.29) is 5.91 Å². The first-order valence-corrected chi connectivity index (χ1v) is 6.60. The summed E-state index contributed by atoms with van der Waals surface area (Å²) in [4.78, 5) is 16.4. The summed E-state index contributed by atoms with van der Waals surface area (Å²) in [6.07, 6.45) is 1.67. The number of amides is 1. The summed E-state index contributed by atoms with van der Waals surface area (Å²) in [5.74, 6) is 0.299. The number of ether oxygens (including phenoxy) is 1. The molecule has 0 saturated carbocycles. The Morgan fingerprint density at radius 2 is 2.40 bits per heavy atom. The highest BCUT2D eigenvalue weighted by molar-refractivity contribution is 7.09. The van der Waals surface area contributed by atoms with E-state index in [2.05, 4.69) is 24.9 Å². The molecule has 0 fully saturated rings. The second-order valence-electron chi connectivity index (χ2n) is 4.04. The molecule has 1 aromatic carbocycles. The second kappa shape index (κ2) is 5.35. The molecule has 3 rings (SSSR count). The molecule has 102 valence electrons. The SMILES string of the molecule is COCc1nsc(NC(=O)c2cccc3cn[nH]c23)n1. The molecule has 1 amide bonds. The topological polar surface area (TPSA) is 92.8 Å². The normalized spacial score (nSPS) is 10.8. The highest BCUT2D eigenvalue weighted by Crippen LogP contribution is 2.18. The van der Waals surface area contributed by atoms with E-state index < -0.39 is 0 Å². The molecule has 2 N–H and O–H groups in total. The van der Waals surface area contributed by atoms with Crippen LogP contribution in [0.4, 0.5) is 5.13 Å². The average molecular weight is 289 g/mol. The number of nitrogens with zero attached hydrogens (tertiary/aromatic N) is 3. The molecule has 2 heterocycles. The van der Waals surface area contributed by atoms with Crippen LogP contribution in [0.2, 0.25) is 0 Å². The third-order valence-corrected chi connectivity index (χ3v) is 3.35. The lowest BCUT2D eigenvalue weighted by molar-refractivity contribution is 0.102. The Morgan fingerprint density at radius 1 is 1.50 bits per heavy atom. The number of aromatic nitrogens is 4. The van der Waals surface area contributed by atoms with Gasteiger partial charge in [-0.1, -0.05) is 12.1 Å². The number of H-pyrrole nitrogens is 1. The molecule has 0 radical (unpaired) electrons. The van der Waals surface area contributed by atoms with Gasteiger partial charge in [-0.15, -0.1) is 0 Å². The van der Waals surface area contributed by atoms with Crippen molar-refractivity contribution in [1.29, 1.82) is 0 Å². The van der Waals surface area contributed by atoms with Crippen molar-refractivity contribution >= 4 is 33.5 Å². The molecule has 0 spiro atoms. The molecule has 7 nitrogen and oxygen atoms in total. The molecule has 0 aliphatic carbocycles. The van der Waals surface area contributed by atoms with Crippen molar-refractivity contribution in [3.05, 3.63) is 35.8 Å². The number of carbonyl (C=O) groups excluding carboxylic acids is 1. The molecular formula is C12H11N5O2S. The van der Waals surface area contributed by atoms with E-state index in [1.807, 2.05) is 12.1 Å². The van der Waals surface area contributed by atoms with Gasteiger partial charge in [-0.25, -0.2) is 4.98 Å². The summed E-state index contributed by atoms with van der Waals surface area (Å²) in [6, 6.07) is 5.42. The fraction of sp³-hybridized carbons (Fsp3) is 0.167. The lowest BCUT2D eigenvalue weighted by Gasteiger charge is -2.02. The number of nitrogens with one attached hydrogen (secondary N) is 2. The molecule has 0 saturated heterocycles. The molecular weight excluding hydrogens is 278 g/mol. The first kappa shape index (κ1) is 12.7. The summed E-state index contributed by atoms with van der Waals surface area (Å²) in [5.41, 5.74) is 1.22. The molecule has 8 heteroatoms. The zero-order valence-corrected chi connectivity index (χ0v) is 11.4.